The zero-order valence-electron chi connectivity index (χ0n) is 14.2. The van der Waals surface area contributed by atoms with E-state index in [1.54, 1.807) is 29.2 Å². The Hall–Kier alpha value is -3.15. The van der Waals surface area contributed by atoms with Gasteiger partial charge in [-0.05, 0) is 29.7 Å². The molecule has 6 heteroatoms. The molecule has 4 rings (SSSR count). The summed E-state index contributed by atoms with van der Waals surface area (Å²) in [6.07, 6.45) is 0.754. The molecule has 0 fully saturated rings. The number of carbonyl (C=O) groups is 3. The SMILES string of the molecule is O=C1NC(CC(=O)N2CCc3ccccc3C2)C(=O)Nc2ccccc21. The molecule has 2 aliphatic heterocycles. The van der Waals surface area contributed by atoms with Gasteiger partial charge in [0, 0.05) is 13.1 Å². The molecule has 1 unspecified atom stereocenters. The summed E-state index contributed by atoms with van der Waals surface area (Å²) >= 11 is 0. The number of para-hydroxylation sites is 1. The van der Waals surface area contributed by atoms with Gasteiger partial charge in [-0.1, -0.05) is 36.4 Å². The first-order valence-electron chi connectivity index (χ1n) is 8.67. The van der Waals surface area contributed by atoms with Crippen molar-refractivity contribution in [1.29, 1.82) is 0 Å². The second-order valence-corrected chi connectivity index (χ2v) is 6.60. The number of nitrogens with zero attached hydrogens (tertiary/aromatic N) is 1. The summed E-state index contributed by atoms with van der Waals surface area (Å²) in [4.78, 5) is 39.3. The predicted octanol–water partition coefficient (Wildman–Crippen LogP) is 1.71. The maximum atomic E-state index is 12.7. The molecule has 2 heterocycles. The van der Waals surface area contributed by atoms with Crippen molar-refractivity contribution in [2.24, 2.45) is 0 Å². The van der Waals surface area contributed by atoms with Crippen LogP contribution in [0.5, 0.6) is 0 Å². The Morgan fingerprint density at radius 2 is 1.77 bits per heavy atom. The van der Waals surface area contributed by atoms with Crippen molar-refractivity contribution in [1.82, 2.24) is 10.2 Å². The second kappa shape index (κ2) is 6.63. The minimum absolute atomic E-state index is 0.0479. The predicted molar refractivity (Wildman–Crippen MR) is 96.5 cm³/mol. The van der Waals surface area contributed by atoms with Crippen molar-refractivity contribution >= 4 is 23.4 Å². The van der Waals surface area contributed by atoms with Crippen LogP contribution in [-0.4, -0.2) is 35.2 Å². The van der Waals surface area contributed by atoms with Gasteiger partial charge < -0.3 is 15.5 Å². The highest BCUT2D eigenvalue weighted by atomic mass is 16.2. The maximum absolute atomic E-state index is 12.7. The highest BCUT2D eigenvalue weighted by molar-refractivity contribution is 6.10. The van der Waals surface area contributed by atoms with Crippen molar-refractivity contribution in [3.8, 4) is 0 Å². The highest BCUT2D eigenvalue weighted by Gasteiger charge is 2.31. The van der Waals surface area contributed by atoms with Crippen LogP contribution in [-0.2, 0) is 22.6 Å². The molecule has 2 N–H and O–H groups in total. The third-order valence-electron chi connectivity index (χ3n) is 4.91. The molecule has 0 spiro atoms. The van der Waals surface area contributed by atoms with Crippen molar-refractivity contribution in [3.63, 3.8) is 0 Å². The van der Waals surface area contributed by atoms with Gasteiger partial charge in [0.1, 0.15) is 6.04 Å². The Labute approximate surface area is 151 Å². The van der Waals surface area contributed by atoms with E-state index in [9.17, 15) is 14.4 Å². The molecule has 132 valence electrons. The standard InChI is InChI=1S/C20H19N3O3/c24-18(23-10-9-13-5-1-2-6-14(13)12-23)11-17-20(26)21-16-8-4-3-7-15(16)19(25)22-17/h1-8,17H,9-12H2,(H,21,26)(H,22,25). The van der Waals surface area contributed by atoms with Gasteiger partial charge in [-0.25, -0.2) is 0 Å². The Bertz CT molecular complexity index is 893. The van der Waals surface area contributed by atoms with Gasteiger partial charge in [-0.2, -0.15) is 0 Å². The third-order valence-corrected chi connectivity index (χ3v) is 4.91. The molecule has 0 bridgehead atoms. The quantitative estimate of drug-likeness (QED) is 0.866. The van der Waals surface area contributed by atoms with Gasteiger partial charge in [0.25, 0.3) is 5.91 Å². The average Bonchev–Trinajstić information content (AvgIpc) is 2.78. The van der Waals surface area contributed by atoms with E-state index in [-0.39, 0.29) is 24.1 Å². The number of benzene rings is 2. The van der Waals surface area contributed by atoms with Gasteiger partial charge in [-0.3, -0.25) is 14.4 Å². The van der Waals surface area contributed by atoms with Gasteiger partial charge in [-0.15, -0.1) is 0 Å². The topological polar surface area (TPSA) is 78.5 Å². The number of amides is 3. The molecule has 0 saturated carbocycles. The molecular formula is C20H19N3O3. The van der Waals surface area contributed by atoms with Crippen molar-refractivity contribution in [2.75, 3.05) is 11.9 Å². The number of carbonyl (C=O) groups excluding carboxylic acids is 3. The largest absolute Gasteiger partial charge is 0.340 e. The third kappa shape index (κ3) is 3.06. The number of fused-ring (bicyclic) bond motifs is 2. The fourth-order valence-electron chi connectivity index (χ4n) is 3.47. The van der Waals surface area contributed by atoms with Crippen LogP contribution in [0.3, 0.4) is 0 Å². The first kappa shape index (κ1) is 16.3. The normalized spacial score (nSPS) is 18.9. The fourth-order valence-corrected chi connectivity index (χ4v) is 3.47. The molecule has 2 aromatic rings. The first-order valence-corrected chi connectivity index (χ1v) is 8.67. The zero-order chi connectivity index (χ0) is 18.1. The molecule has 2 aromatic carbocycles. The fraction of sp³-hybridized carbons (Fsp3) is 0.250. The van der Waals surface area contributed by atoms with Crippen LogP contribution in [0.15, 0.2) is 48.5 Å². The van der Waals surface area contributed by atoms with E-state index in [0.717, 1.165) is 12.0 Å². The second-order valence-electron chi connectivity index (χ2n) is 6.60. The van der Waals surface area contributed by atoms with E-state index in [1.165, 1.54) is 5.56 Å². The summed E-state index contributed by atoms with van der Waals surface area (Å²) in [5.41, 5.74) is 3.26. The molecule has 1 atom stereocenters. The van der Waals surface area contributed by atoms with Gasteiger partial charge in [0.05, 0.1) is 17.7 Å². The summed E-state index contributed by atoms with van der Waals surface area (Å²) in [5, 5.41) is 5.41. The van der Waals surface area contributed by atoms with E-state index in [0.29, 0.717) is 24.3 Å². The highest BCUT2D eigenvalue weighted by Crippen LogP contribution is 2.21. The molecule has 0 aromatic heterocycles. The average molecular weight is 349 g/mol. The van der Waals surface area contributed by atoms with E-state index in [1.807, 2.05) is 18.2 Å². The molecule has 2 aliphatic rings. The molecule has 6 nitrogen and oxygen atoms in total. The number of hydrogen-bond acceptors (Lipinski definition) is 3. The Kier molecular flexibility index (Phi) is 4.16. The molecular weight excluding hydrogens is 330 g/mol. The number of rotatable bonds is 2. The lowest BCUT2D eigenvalue weighted by Crippen LogP contribution is -2.46. The molecule has 26 heavy (non-hydrogen) atoms. The number of anilines is 1. The minimum atomic E-state index is -0.875. The molecule has 0 aliphatic carbocycles. The monoisotopic (exact) mass is 349 g/mol. The van der Waals surface area contributed by atoms with Crippen molar-refractivity contribution in [3.05, 3.63) is 65.2 Å². The summed E-state index contributed by atoms with van der Waals surface area (Å²) in [6, 6.07) is 14.0. The molecule has 0 saturated heterocycles. The van der Waals surface area contributed by atoms with Crippen LogP contribution in [0.4, 0.5) is 5.69 Å². The Morgan fingerprint density at radius 3 is 2.62 bits per heavy atom. The van der Waals surface area contributed by atoms with E-state index < -0.39 is 6.04 Å². The van der Waals surface area contributed by atoms with Crippen molar-refractivity contribution in [2.45, 2.75) is 25.4 Å². The Balaban J connectivity index is 1.47. The number of nitrogens with one attached hydrogen (secondary N) is 2. The maximum Gasteiger partial charge on any atom is 0.254 e. The zero-order valence-corrected chi connectivity index (χ0v) is 14.2. The Morgan fingerprint density at radius 1 is 1.04 bits per heavy atom. The summed E-state index contributed by atoms with van der Waals surface area (Å²) in [7, 11) is 0. The lowest BCUT2D eigenvalue weighted by molar-refractivity contribution is -0.134. The first-order chi connectivity index (χ1) is 12.6. The summed E-state index contributed by atoms with van der Waals surface area (Å²) < 4.78 is 0. The van der Waals surface area contributed by atoms with E-state index in [4.69, 9.17) is 0 Å². The van der Waals surface area contributed by atoms with E-state index >= 15 is 0 Å². The van der Waals surface area contributed by atoms with Crippen LogP contribution < -0.4 is 10.6 Å². The summed E-state index contributed by atoms with van der Waals surface area (Å²) in [6.45, 7) is 1.16. The van der Waals surface area contributed by atoms with Crippen LogP contribution in [0, 0.1) is 0 Å². The van der Waals surface area contributed by atoms with E-state index in [2.05, 4.69) is 16.7 Å². The lowest BCUT2D eigenvalue weighted by Gasteiger charge is -2.30. The van der Waals surface area contributed by atoms with Crippen LogP contribution in [0.1, 0.15) is 27.9 Å². The lowest BCUT2D eigenvalue weighted by atomic mass is 9.99. The van der Waals surface area contributed by atoms with Gasteiger partial charge in [0.2, 0.25) is 11.8 Å². The smallest absolute Gasteiger partial charge is 0.254 e. The summed E-state index contributed by atoms with van der Waals surface area (Å²) in [5.74, 6) is -0.847. The minimum Gasteiger partial charge on any atom is -0.340 e. The van der Waals surface area contributed by atoms with Crippen LogP contribution >= 0.6 is 0 Å². The number of hydrogen-bond donors (Lipinski definition) is 2. The van der Waals surface area contributed by atoms with Crippen LogP contribution in [0.2, 0.25) is 0 Å². The van der Waals surface area contributed by atoms with Gasteiger partial charge in [0.15, 0.2) is 0 Å². The van der Waals surface area contributed by atoms with Gasteiger partial charge >= 0.3 is 0 Å². The molecule has 0 radical (unpaired) electrons. The van der Waals surface area contributed by atoms with Crippen molar-refractivity contribution < 1.29 is 14.4 Å². The molecule has 3 amide bonds. The van der Waals surface area contributed by atoms with Crippen LogP contribution in [0.25, 0.3) is 0 Å².